The van der Waals surface area contributed by atoms with Gasteiger partial charge < -0.3 is 14.2 Å². The molecule has 6 nitrogen and oxygen atoms in total. The summed E-state index contributed by atoms with van der Waals surface area (Å²) in [6.07, 6.45) is 102. The molecule has 83 heavy (non-hydrogen) atoms. The maximum atomic E-state index is 12.9. The lowest BCUT2D eigenvalue weighted by Crippen LogP contribution is -2.30. The van der Waals surface area contributed by atoms with Crippen LogP contribution in [-0.4, -0.2) is 37.2 Å². The lowest BCUT2D eigenvalue weighted by atomic mass is 10.0. The van der Waals surface area contributed by atoms with E-state index in [1.165, 1.54) is 77.0 Å². The Hall–Kier alpha value is -5.23. The molecule has 0 saturated carbocycles. The molecule has 0 aromatic heterocycles. The first-order valence-corrected chi connectivity index (χ1v) is 33.6. The van der Waals surface area contributed by atoms with Crippen molar-refractivity contribution in [2.45, 2.75) is 284 Å². The van der Waals surface area contributed by atoms with Gasteiger partial charge in [-0.2, -0.15) is 0 Å². The average Bonchev–Trinajstić information content (AvgIpc) is 3.49. The largest absolute Gasteiger partial charge is 0.462 e. The number of allylic oxidation sites excluding steroid dienone is 28. The van der Waals surface area contributed by atoms with Crippen LogP contribution in [0, 0.1) is 0 Å². The minimum absolute atomic E-state index is 0.109. The lowest BCUT2D eigenvalue weighted by Gasteiger charge is -2.18. The maximum Gasteiger partial charge on any atom is 0.306 e. The Morgan fingerprint density at radius 3 is 0.759 bits per heavy atom. The first-order valence-electron chi connectivity index (χ1n) is 33.6. The molecule has 466 valence electrons. The summed E-state index contributed by atoms with van der Waals surface area (Å²) in [5.41, 5.74) is 0. The van der Waals surface area contributed by atoms with Gasteiger partial charge in [0.15, 0.2) is 6.10 Å². The van der Waals surface area contributed by atoms with Gasteiger partial charge in [-0.3, -0.25) is 14.4 Å². The predicted molar refractivity (Wildman–Crippen MR) is 361 cm³/mol. The molecule has 0 aromatic rings. The summed E-state index contributed by atoms with van der Waals surface area (Å²) in [7, 11) is 0. The van der Waals surface area contributed by atoms with Gasteiger partial charge in [0.25, 0.3) is 0 Å². The van der Waals surface area contributed by atoms with Crippen molar-refractivity contribution in [3.8, 4) is 0 Å². The molecule has 0 N–H and O–H groups in total. The highest BCUT2D eigenvalue weighted by Gasteiger charge is 2.19. The van der Waals surface area contributed by atoms with Crippen molar-refractivity contribution in [2.75, 3.05) is 13.2 Å². The zero-order valence-corrected chi connectivity index (χ0v) is 53.4. The second-order valence-corrected chi connectivity index (χ2v) is 21.6. The number of esters is 3. The molecule has 1 atom stereocenters. The van der Waals surface area contributed by atoms with Crippen molar-refractivity contribution in [1.82, 2.24) is 0 Å². The molecule has 0 aliphatic carbocycles. The predicted octanol–water partition coefficient (Wildman–Crippen LogP) is 23.4. The molecule has 1 unspecified atom stereocenters. The Balaban J connectivity index is 4.50. The smallest absolute Gasteiger partial charge is 0.306 e. The second kappa shape index (κ2) is 69.3. The molecule has 0 saturated heterocycles. The summed E-state index contributed by atoms with van der Waals surface area (Å²) in [6, 6.07) is 0. The van der Waals surface area contributed by atoms with E-state index in [4.69, 9.17) is 14.2 Å². The van der Waals surface area contributed by atoms with Crippen LogP contribution in [0.3, 0.4) is 0 Å². The van der Waals surface area contributed by atoms with Crippen molar-refractivity contribution in [2.24, 2.45) is 0 Å². The molecule has 0 aromatic carbocycles. The first kappa shape index (κ1) is 77.8. The van der Waals surface area contributed by atoms with Crippen LogP contribution in [0.2, 0.25) is 0 Å². The molecule has 0 aliphatic heterocycles. The van der Waals surface area contributed by atoms with Crippen LogP contribution in [0.5, 0.6) is 0 Å². The molecule has 0 aliphatic rings. The van der Waals surface area contributed by atoms with Gasteiger partial charge >= 0.3 is 17.9 Å². The van der Waals surface area contributed by atoms with E-state index in [0.29, 0.717) is 19.3 Å². The van der Waals surface area contributed by atoms with Crippen molar-refractivity contribution >= 4 is 17.9 Å². The molecule has 0 rings (SSSR count). The van der Waals surface area contributed by atoms with E-state index in [0.717, 1.165) is 154 Å². The highest BCUT2D eigenvalue weighted by molar-refractivity contribution is 5.71. The van der Waals surface area contributed by atoms with Gasteiger partial charge in [0.05, 0.1) is 0 Å². The van der Waals surface area contributed by atoms with Crippen molar-refractivity contribution in [1.29, 1.82) is 0 Å². The van der Waals surface area contributed by atoms with E-state index in [9.17, 15) is 14.4 Å². The van der Waals surface area contributed by atoms with E-state index < -0.39 is 6.10 Å². The highest BCUT2D eigenvalue weighted by Crippen LogP contribution is 2.15. The third kappa shape index (κ3) is 67.4. The van der Waals surface area contributed by atoms with Crippen LogP contribution in [0.15, 0.2) is 170 Å². The monoisotopic (exact) mass is 1140 g/mol. The second-order valence-electron chi connectivity index (χ2n) is 21.6. The summed E-state index contributed by atoms with van der Waals surface area (Å²) >= 11 is 0. The normalized spacial score (nSPS) is 13.2. The van der Waals surface area contributed by atoms with Gasteiger partial charge in [-0.25, -0.2) is 0 Å². The summed E-state index contributed by atoms with van der Waals surface area (Å²) in [5, 5.41) is 0. The zero-order chi connectivity index (χ0) is 59.9. The van der Waals surface area contributed by atoms with Crippen LogP contribution in [0.25, 0.3) is 0 Å². The number of hydrogen-bond donors (Lipinski definition) is 0. The van der Waals surface area contributed by atoms with E-state index in [2.05, 4.69) is 191 Å². The third-order valence-electron chi connectivity index (χ3n) is 13.7. The number of ether oxygens (including phenoxy) is 3. The zero-order valence-electron chi connectivity index (χ0n) is 53.4. The highest BCUT2D eigenvalue weighted by atomic mass is 16.6. The molecule has 0 bridgehead atoms. The van der Waals surface area contributed by atoms with Crippen LogP contribution >= 0.6 is 0 Å². The number of carbonyl (C=O) groups is 3. The van der Waals surface area contributed by atoms with E-state index in [-0.39, 0.29) is 37.5 Å². The molecule has 0 heterocycles. The summed E-state index contributed by atoms with van der Waals surface area (Å²) in [6.45, 7) is 6.36. The van der Waals surface area contributed by atoms with Crippen LogP contribution in [0.1, 0.15) is 278 Å². The minimum atomic E-state index is -0.821. The molecule has 0 spiro atoms. The van der Waals surface area contributed by atoms with Gasteiger partial charge in [0.1, 0.15) is 13.2 Å². The topological polar surface area (TPSA) is 78.9 Å². The SMILES string of the molecule is CC/C=C\C/C=C\C/C=C\C/C=C\C/C=C\C/C=C\C/C=C\C/C=C\CCCCCCC(=O)OCC(COC(=O)CCCCCCCCCCCCCCCCC)OC(=O)CCCC/C=C\C/C=C\C/C=C\C/C=C\C/C=C\C/C=C\CC. The Bertz CT molecular complexity index is 1890. The van der Waals surface area contributed by atoms with Gasteiger partial charge in [-0.1, -0.05) is 294 Å². The lowest BCUT2D eigenvalue weighted by molar-refractivity contribution is -0.167. The van der Waals surface area contributed by atoms with E-state index in [1.54, 1.807) is 0 Å². The van der Waals surface area contributed by atoms with Gasteiger partial charge in [0, 0.05) is 19.3 Å². The average molecular weight is 1140 g/mol. The quantitative estimate of drug-likeness (QED) is 0.0261. The molecule has 6 heteroatoms. The number of hydrogen-bond acceptors (Lipinski definition) is 6. The molecule has 0 radical (unpaired) electrons. The van der Waals surface area contributed by atoms with E-state index in [1.807, 2.05) is 0 Å². The fourth-order valence-electron chi connectivity index (χ4n) is 8.76. The fourth-order valence-corrected chi connectivity index (χ4v) is 8.76. The van der Waals surface area contributed by atoms with Crippen LogP contribution in [-0.2, 0) is 28.6 Å². The summed E-state index contributed by atoms with van der Waals surface area (Å²) < 4.78 is 16.9. The number of carbonyl (C=O) groups excluding carboxylic acids is 3. The first-order chi connectivity index (χ1) is 41.0. The standard InChI is InChI=1S/C77H122O6/c1-4-7-10-13-16-19-22-25-28-30-32-34-35-36-37-38-39-40-41-43-44-46-49-52-55-58-61-64-67-70-76(79)82-73-74(72-81-75(78)69-66-63-60-57-54-51-48-27-24-21-18-15-12-9-6-3)83-77(80)71-68-65-62-59-56-53-50-47-45-42-33-31-29-26-23-20-17-14-11-8-5-2/h7-8,10-11,16-17,19-20,25-26,28-29,32-34,36-37,39-40,42-44,47,49-50,52,56,59,74H,4-6,9,12-15,18,21-24,27,30-31,35,38,41,45-46,48,51,53-55,57-58,60-73H2,1-3H3/b10-7-,11-8-,19-16-,20-17-,28-25-,29-26-,34-32-,37-36-,40-39-,42-33-,44-43-,50-47-,52-49-,59-56-. The molecule has 0 fully saturated rings. The fraction of sp³-hybridized carbons (Fsp3) is 0.597. The van der Waals surface area contributed by atoms with Crippen LogP contribution < -0.4 is 0 Å². The Labute approximate surface area is 511 Å². The maximum absolute atomic E-state index is 12.9. The molecule has 0 amide bonds. The Morgan fingerprint density at radius 2 is 0.470 bits per heavy atom. The number of rotatable bonds is 59. The third-order valence-corrected chi connectivity index (χ3v) is 13.7. The van der Waals surface area contributed by atoms with Gasteiger partial charge in [-0.15, -0.1) is 0 Å². The minimum Gasteiger partial charge on any atom is -0.462 e. The van der Waals surface area contributed by atoms with Crippen molar-refractivity contribution in [3.63, 3.8) is 0 Å². The number of unbranched alkanes of at least 4 members (excludes halogenated alkanes) is 20. The van der Waals surface area contributed by atoms with Crippen LogP contribution in [0.4, 0.5) is 0 Å². The van der Waals surface area contributed by atoms with Crippen molar-refractivity contribution in [3.05, 3.63) is 170 Å². The van der Waals surface area contributed by atoms with E-state index >= 15 is 0 Å². The molecular weight excluding hydrogens is 1020 g/mol. The Kier molecular flexibility index (Phi) is 64.9. The summed E-state index contributed by atoms with van der Waals surface area (Å²) in [5.74, 6) is -0.980. The van der Waals surface area contributed by atoms with Gasteiger partial charge in [-0.05, 0) is 135 Å². The van der Waals surface area contributed by atoms with Gasteiger partial charge in [0.2, 0.25) is 0 Å². The van der Waals surface area contributed by atoms with Crippen molar-refractivity contribution < 1.29 is 28.6 Å². The molecular formula is C77H122O6. The Morgan fingerprint density at radius 1 is 0.253 bits per heavy atom. The summed E-state index contributed by atoms with van der Waals surface area (Å²) in [4.78, 5) is 38.4.